The molecular weight excluding hydrogens is 264 g/mol. The molecular formula is C18H24O3. The highest BCUT2D eigenvalue weighted by molar-refractivity contribution is 5.70. The van der Waals surface area contributed by atoms with Gasteiger partial charge in [-0.25, -0.2) is 0 Å². The number of benzene rings is 1. The summed E-state index contributed by atoms with van der Waals surface area (Å²) in [5.74, 6) is -0.283. The monoisotopic (exact) mass is 288 g/mol. The zero-order chi connectivity index (χ0) is 15.1. The number of cyclic esters (lactones) is 1. The Kier molecular flexibility index (Phi) is 6.00. The SMILES string of the molecule is CCCC/C=C/[C@@H](c1ccccc1)[C@@H]1COC(=O)C[C@@H]1O. The van der Waals surface area contributed by atoms with Gasteiger partial charge in [-0.2, -0.15) is 0 Å². The molecule has 1 N–H and O–H groups in total. The third-order valence-corrected chi connectivity index (χ3v) is 4.02. The van der Waals surface area contributed by atoms with Crippen LogP contribution in [0, 0.1) is 5.92 Å². The second kappa shape index (κ2) is 7.99. The van der Waals surface area contributed by atoms with Crippen molar-refractivity contribution in [2.24, 2.45) is 5.92 Å². The van der Waals surface area contributed by atoms with Crippen LogP contribution < -0.4 is 0 Å². The quantitative estimate of drug-likeness (QED) is 0.495. The number of rotatable bonds is 6. The van der Waals surface area contributed by atoms with E-state index in [1.807, 2.05) is 18.2 Å². The van der Waals surface area contributed by atoms with Gasteiger partial charge in [0.15, 0.2) is 0 Å². The van der Waals surface area contributed by atoms with Gasteiger partial charge in [-0.15, -0.1) is 0 Å². The Balaban J connectivity index is 2.15. The lowest BCUT2D eigenvalue weighted by molar-refractivity contribution is -0.157. The molecule has 1 heterocycles. The molecule has 0 saturated carbocycles. The number of unbranched alkanes of at least 4 members (excludes halogenated alkanes) is 2. The molecule has 0 aliphatic carbocycles. The van der Waals surface area contributed by atoms with Gasteiger partial charge in [0.05, 0.1) is 19.1 Å². The molecule has 0 aromatic heterocycles. The molecule has 1 aromatic rings. The van der Waals surface area contributed by atoms with Crippen molar-refractivity contribution in [3.8, 4) is 0 Å². The molecule has 1 aliphatic rings. The van der Waals surface area contributed by atoms with Gasteiger partial charge in [0.1, 0.15) is 0 Å². The zero-order valence-electron chi connectivity index (χ0n) is 12.6. The first-order chi connectivity index (χ1) is 10.2. The van der Waals surface area contributed by atoms with Crippen LogP contribution in [0.2, 0.25) is 0 Å². The first-order valence-corrected chi connectivity index (χ1v) is 7.77. The molecule has 3 nitrogen and oxygen atoms in total. The van der Waals surface area contributed by atoms with Gasteiger partial charge in [-0.3, -0.25) is 4.79 Å². The van der Waals surface area contributed by atoms with Gasteiger partial charge >= 0.3 is 5.97 Å². The highest BCUT2D eigenvalue weighted by atomic mass is 16.5. The largest absolute Gasteiger partial charge is 0.465 e. The maximum Gasteiger partial charge on any atom is 0.308 e. The van der Waals surface area contributed by atoms with Crippen LogP contribution in [-0.4, -0.2) is 23.8 Å². The van der Waals surface area contributed by atoms with Crippen LogP contribution in [0.5, 0.6) is 0 Å². The average molecular weight is 288 g/mol. The Morgan fingerprint density at radius 2 is 2.14 bits per heavy atom. The van der Waals surface area contributed by atoms with Crippen LogP contribution in [-0.2, 0) is 9.53 Å². The van der Waals surface area contributed by atoms with E-state index < -0.39 is 6.10 Å². The minimum Gasteiger partial charge on any atom is -0.465 e. The van der Waals surface area contributed by atoms with E-state index >= 15 is 0 Å². The lowest BCUT2D eigenvalue weighted by atomic mass is 9.80. The van der Waals surface area contributed by atoms with E-state index in [0.29, 0.717) is 0 Å². The third kappa shape index (κ3) is 4.43. The highest BCUT2D eigenvalue weighted by Gasteiger charge is 2.34. The zero-order valence-corrected chi connectivity index (χ0v) is 12.6. The normalized spacial score (nSPS) is 24.0. The van der Waals surface area contributed by atoms with E-state index in [9.17, 15) is 9.90 Å². The summed E-state index contributed by atoms with van der Waals surface area (Å²) in [6.07, 6.45) is 7.19. The van der Waals surface area contributed by atoms with Crippen LogP contribution in [0.15, 0.2) is 42.5 Å². The average Bonchev–Trinajstić information content (AvgIpc) is 2.49. The Labute approximate surface area is 126 Å². The van der Waals surface area contributed by atoms with Crippen molar-refractivity contribution in [3.05, 3.63) is 48.0 Å². The Morgan fingerprint density at radius 3 is 2.81 bits per heavy atom. The molecule has 1 aromatic carbocycles. The number of hydrogen-bond acceptors (Lipinski definition) is 3. The van der Waals surface area contributed by atoms with Crippen molar-refractivity contribution in [3.63, 3.8) is 0 Å². The minimum atomic E-state index is -0.632. The number of aliphatic hydroxyl groups is 1. The number of ether oxygens (including phenoxy) is 1. The molecule has 3 heteroatoms. The first kappa shape index (κ1) is 15.8. The summed E-state index contributed by atoms with van der Waals surface area (Å²) in [4.78, 5) is 11.3. The van der Waals surface area contributed by atoms with E-state index in [0.717, 1.165) is 12.0 Å². The van der Waals surface area contributed by atoms with E-state index in [2.05, 4.69) is 31.2 Å². The summed E-state index contributed by atoms with van der Waals surface area (Å²) in [6.45, 7) is 2.46. The van der Waals surface area contributed by atoms with Gasteiger partial charge in [-0.1, -0.05) is 62.2 Å². The topological polar surface area (TPSA) is 46.5 Å². The van der Waals surface area contributed by atoms with Gasteiger partial charge in [-0.05, 0) is 12.0 Å². The molecule has 0 amide bonds. The van der Waals surface area contributed by atoms with Gasteiger partial charge in [0.2, 0.25) is 0 Å². The predicted octanol–water partition coefficient (Wildman–Crippen LogP) is 3.44. The minimum absolute atomic E-state index is 0.0667. The van der Waals surface area contributed by atoms with Crippen molar-refractivity contribution in [1.29, 1.82) is 0 Å². The third-order valence-electron chi connectivity index (χ3n) is 4.02. The molecule has 1 saturated heterocycles. The van der Waals surface area contributed by atoms with Crippen molar-refractivity contribution in [1.82, 2.24) is 0 Å². The molecule has 1 fully saturated rings. The molecule has 2 rings (SSSR count). The predicted molar refractivity (Wildman–Crippen MR) is 82.9 cm³/mol. The number of aliphatic hydroxyl groups excluding tert-OH is 1. The summed E-state index contributed by atoms with van der Waals surface area (Å²) >= 11 is 0. The van der Waals surface area contributed by atoms with Gasteiger partial charge < -0.3 is 9.84 Å². The van der Waals surface area contributed by atoms with Crippen LogP contribution >= 0.6 is 0 Å². The summed E-state index contributed by atoms with van der Waals surface area (Å²) in [5.41, 5.74) is 1.16. The molecule has 0 spiro atoms. The maximum absolute atomic E-state index is 11.3. The molecule has 3 atom stereocenters. The Morgan fingerprint density at radius 1 is 1.38 bits per heavy atom. The summed E-state index contributed by atoms with van der Waals surface area (Å²) < 4.78 is 5.16. The van der Waals surface area contributed by atoms with Crippen molar-refractivity contribution < 1.29 is 14.6 Å². The van der Waals surface area contributed by atoms with Crippen molar-refractivity contribution in [2.75, 3.05) is 6.61 Å². The van der Waals surface area contributed by atoms with E-state index in [-0.39, 0.29) is 30.8 Å². The fourth-order valence-electron chi connectivity index (χ4n) is 2.77. The lowest BCUT2D eigenvalue weighted by Crippen LogP contribution is -2.38. The van der Waals surface area contributed by atoms with E-state index in [1.54, 1.807) is 0 Å². The number of allylic oxidation sites excluding steroid dienone is 2. The van der Waals surface area contributed by atoms with Gasteiger partial charge in [0, 0.05) is 11.8 Å². The van der Waals surface area contributed by atoms with Crippen LogP contribution in [0.1, 0.15) is 44.1 Å². The van der Waals surface area contributed by atoms with Crippen LogP contribution in [0.25, 0.3) is 0 Å². The highest BCUT2D eigenvalue weighted by Crippen LogP contribution is 2.33. The summed E-state index contributed by atoms with van der Waals surface area (Å²) in [6, 6.07) is 10.1. The van der Waals surface area contributed by atoms with Crippen molar-refractivity contribution >= 4 is 5.97 Å². The molecule has 114 valence electrons. The van der Waals surface area contributed by atoms with Crippen LogP contribution in [0.4, 0.5) is 0 Å². The van der Waals surface area contributed by atoms with Crippen LogP contribution in [0.3, 0.4) is 0 Å². The number of carbonyl (C=O) groups excluding carboxylic acids is 1. The van der Waals surface area contributed by atoms with E-state index in [4.69, 9.17) is 4.74 Å². The molecule has 21 heavy (non-hydrogen) atoms. The standard InChI is InChI=1S/C18H24O3/c1-2-3-4-8-11-15(14-9-6-5-7-10-14)16-13-21-18(20)12-17(16)19/h5-11,15-17,19H,2-4,12-13H2,1H3/b11-8+/t15-,16-,17-/m0/s1. The second-order valence-corrected chi connectivity index (χ2v) is 5.63. The Hall–Kier alpha value is -1.61. The first-order valence-electron chi connectivity index (χ1n) is 7.77. The fraction of sp³-hybridized carbons (Fsp3) is 0.500. The maximum atomic E-state index is 11.3. The smallest absolute Gasteiger partial charge is 0.308 e. The number of hydrogen-bond donors (Lipinski definition) is 1. The fourth-order valence-corrected chi connectivity index (χ4v) is 2.77. The second-order valence-electron chi connectivity index (χ2n) is 5.63. The number of esters is 1. The lowest BCUT2D eigenvalue weighted by Gasteiger charge is -2.32. The molecule has 0 bridgehead atoms. The van der Waals surface area contributed by atoms with Crippen molar-refractivity contribution in [2.45, 2.75) is 44.6 Å². The van der Waals surface area contributed by atoms with Gasteiger partial charge in [0.25, 0.3) is 0 Å². The summed E-state index contributed by atoms with van der Waals surface area (Å²) in [5, 5.41) is 10.2. The number of carbonyl (C=O) groups is 1. The van der Waals surface area contributed by atoms with E-state index in [1.165, 1.54) is 12.8 Å². The summed E-state index contributed by atoms with van der Waals surface area (Å²) in [7, 11) is 0. The Bertz CT molecular complexity index is 467. The molecule has 0 unspecified atom stereocenters. The molecule has 1 aliphatic heterocycles. The molecule has 0 radical (unpaired) electrons.